The normalized spacial score (nSPS) is 11.7. The molecular weight excluding hydrogens is 358 g/mol. The van der Waals surface area contributed by atoms with E-state index in [9.17, 15) is 4.79 Å². The lowest BCUT2D eigenvalue weighted by Gasteiger charge is -2.16. The molecule has 1 N–H and O–H groups in total. The molecule has 1 amide bonds. The lowest BCUT2D eigenvalue weighted by Crippen LogP contribution is -2.26. The summed E-state index contributed by atoms with van der Waals surface area (Å²) in [5.74, 6) is 1.03. The second-order valence-electron chi connectivity index (χ2n) is 5.05. The molecule has 2 aromatic rings. The van der Waals surface area contributed by atoms with Crippen molar-refractivity contribution in [1.82, 2.24) is 5.32 Å². The number of methoxy groups -OCH3 is 1. The molecule has 0 bridgehead atoms. The molecule has 4 nitrogen and oxygen atoms in total. The molecule has 0 aliphatic carbocycles. The summed E-state index contributed by atoms with van der Waals surface area (Å²) in [5, 5.41) is 2.98. The van der Waals surface area contributed by atoms with Gasteiger partial charge >= 0.3 is 0 Å². The molecular formula is C18H20BrNO3. The Morgan fingerprint density at radius 1 is 1.17 bits per heavy atom. The maximum absolute atomic E-state index is 12.4. The van der Waals surface area contributed by atoms with E-state index in [0.717, 1.165) is 10.0 Å². The Morgan fingerprint density at radius 2 is 1.87 bits per heavy atom. The topological polar surface area (TPSA) is 47.6 Å². The van der Waals surface area contributed by atoms with Crippen LogP contribution in [-0.4, -0.2) is 19.6 Å². The highest BCUT2D eigenvalue weighted by Gasteiger charge is 2.14. The maximum atomic E-state index is 12.4. The summed E-state index contributed by atoms with van der Waals surface area (Å²) in [6, 6.07) is 13.0. The van der Waals surface area contributed by atoms with Crippen LogP contribution in [0.5, 0.6) is 11.5 Å². The Morgan fingerprint density at radius 3 is 2.48 bits per heavy atom. The van der Waals surface area contributed by atoms with Crippen LogP contribution in [0, 0.1) is 0 Å². The van der Waals surface area contributed by atoms with Gasteiger partial charge in [-0.1, -0.05) is 28.1 Å². The fourth-order valence-electron chi connectivity index (χ4n) is 2.20. The number of rotatable bonds is 6. The predicted octanol–water partition coefficient (Wildman–Crippen LogP) is 4.35. The van der Waals surface area contributed by atoms with E-state index in [0.29, 0.717) is 23.7 Å². The van der Waals surface area contributed by atoms with E-state index in [1.807, 2.05) is 38.1 Å². The molecule has 122 valence electrons. The standard InChI is InChI=1S/C18H20BrNO3/c1-4-23-16-10-7-14(11-17(16)22-3)18(21)20-12(2)13-5-8-15(19)9-6-13/h5-12H,4H2,1-3H3,(H,20,21)/t12-/m1/s1. The number of hydrogen-bond acceptors (Lipinski definition) is 3. The van der Waals surface area contributed by atoms with Gasteiger partial charge in [0.25, 0.3) is 5.91 Å². The third-order valence-corrected chi connectivity index (χ3v) is 3.97. The Kier molecular flexibility index (Phi) is 6.04. The van der Waals surface area contributed by atoms with Crippen LogP contribution in [0.15, 0.2) is 46.9 Å². The molecule has 5 heteroatoms. The number of benzene rings is 2. The molecule has 2 rings (SSSR count). The molecule has 0 radical (unpaired) electrons. The van der Waals surface area contributed by atoms with Gasteiger partial charge in [-0.2, -0.15) is 0 Å². The third kappa shape index (κ3) is 4.48. The molecule has 0 fully saturated rings. The van der Waals surface area contributed by atoms with Gasteiger partial charge in [-0.3, -0.25) is 4.79 Å². The molecule has 0 spiro atoms. The number of carbonyl (C=O) groups is 1. The predicted molar refractivity (Wildman–Crippen MR) is 94.2 cm³/mol. The SMILES string of the molecule is CCOc1ccc(C(=O)N[C@H](C)c2ccc(Br)cc2)cc1OC. The monoisotopic (exact) mass is 377 g/mol. The first kappa shape index (κ1) is 17.3. The fraction of sp³-hybridized carbons (Fsp3) is 0.278. The first-order valence-corrected chi connectivity index (χ1v) is 8.21. The Balaban J connectivity index is 2.12. The number of halogens is 1. The van der Waals surface area contributed by atoms with Crippen molar-refractivity contribution in [2.24, 2.45) is 0 Å². The highest BCUT2D eigenvalue weighted by molar-refractivity contribution is 9.10. The largest absolute Gasteiger partial charge is 0.493 e. The second-order valence-corrected chi connectivity index (χ2v) is 5.96. The zero-order valence-electron chi connectivity index (χ0n) is 13.4. The van der Waals surface area contributed by atoms with Crippen molar-refractivity contribution >= 4 is 21.8 Å². The third-order valence-electron chi connectivity index (χ3n) is 3.44. The van der Waals surface area contributed by atoms with E-state index in [1.165, 1.54) is 0 Å². The van der Waals surface area contributed by atoms with E-state index in [1.54, 1.807) is 25.3 Å². The number of amides is 1. The fourth-order valence-corrected chi connectivity index (χ4v) is 2.46. The van der Waals surface area contributed by atoms with Crippen LogP contribution in [-0.2, 0) is 0 Å². The van der Waals surface area contributed by atoms with Crippen LogP contribution >= 0.6 is 15.9 Å². The van der Waals surface area contributed by atoms with Crippen LogP contribution in [0.4, 0.5) is 0 Å². The number of carbonyl (C=O) groups excluding carboxylic acids is 1. The van der Waals surface area contributed by atoms with Gasteiger partial charge in [-0.05, 0) is 49.7 Å². The average molecular weight is 378 g/mol. The summed E-state index contributed by atoms with van der Waals surface area (Å²) in [5.41, 5.74) is 1.58. The van der Waals surface area contributed by atoms with Crippen molar-refractivity contribution in [2.45, 2.75) is 19.9 Å². The van der Waals surface area contributed by atoms with Gasteiger partial charge in [0.1, 0.15) is 0 Å². The van der Waals surface area contributed by atoms with Crippen molar-refractivity contribution in [3.63, 3.8) is 0 Å². The molecule has 2 aromatic carbocycles. The zero-order chi connectivity index (χ0) is 16.8. The smallest absolute Gasteiger partial charge is 0.251 e. The van der Waals surface area contributed by atoms with E-state index >= 15 is 0 Å². The van der Waals surface area contributed by atoms with Crippen molar-refractivity contribution in [1.29, 1.82) is 0 Å². The molecule has 0 aliphatic heterocycles. The van der Waals surface area contributed by atoms with Gasteiger partial charge in [0.2, 0.25) is 0 Å². The van der Waals surface area contributed by atoms with Gasteiger partial charge in [-0.25, -0.2) is 0 Å². The van der Waals surface area contributed by atoms with Crippen LogP contribution in [0.2, 0.25) is 0 Å². The van der Waals surface area contributed by atoms with Gasteiger partial charge in [-0.15, -0.1) is 0 Å². The van der Waals surface area contributed by atoms with Crippen molar-refractivity contribution < 1.29 is 14.3 Å². The van der Waals surface area contributed by atoms with Crippen molar-refractivity contribution in [3.05, 3.63) is 58.1 Å². The van der Waals surface area contributed by atoms with Crippen LogP contribution in [0.25, 0.3) is 0 Å². The summed E-state index contributed by atoms with van der Waals surface area (Å²) in [6.07, 6.45) is 0. The summed E-state index contributed by atoms with van der Waals surface area (Å²) in [7, 11) is 1.56. The van der Waals surface area contributed by atoms with Crippen molar-refractivity contribution in [2.75, 3.05) is 13.7 Å². The van der Waals surface area contributed by atoms with Gasteiger partial charge in [0.05, 0.1) is 19.8 Å². The highest BCUT2D eigenvalue weighted by atomic mass is 79.9. The lowest BCUT2D eigenvalue weighted by molar-refractivity contribution is 0.0939. The molecule has 23 heavy (non-hydrogen) atoms. The van der Waals surface area contributed by atoms with Crippen LogP contribution in [0.3, 0.4) is 0 Å². The molecule has 0 heterocycles. The van der Waals surface area contributed by atoms with Gasteiger partial charge in [0, 0.05) is 10.0 Å². The molecule has 0 aliphatic rings. The lowest BCUT2D eigenvalue weighted by atomic mass is 10.1. The second kappa shape index (κ2) is 8.02. The minimum atomic E-state index is -0.151. The first-order chi connectivity index (χ1) is 11.0. The Labute approximate surface area is 144 Å². The molecule has 0 aromatic heterocycles. The molecule has 1 atom stereocenters. The van der Waals surface area contributed by atoms with Gasteiger partial charge in [0.15, 0.2) is 11.5 Å². The molecule has 0 unspecified atom stereocenters. The van der Waals surface area contributed by atoms with E-state index in [-0.39, 0.29) is 11.9 Å². The minimum absolute atomic E-state index is 0.0897. The minimum Gasteiger partial charge on any atom is -0.493 e. The van der Waals surface area contributed by atoms with Gasteiger partial charge < -0.3 is 14.8 Å². The number of ether oxygens (including phenoxy) is 2. The summed E-state index contributed by atoms with van der Waals surface area (Å²) >= 11 is 3.40. The Bertz CT molecular complexity index is 670. The van der Waals surface area contributed by atoms with Crippen LogP contribution < -0.4 is 14.8 Å². The summed E-state index contributed by atoms with van der Waals surface area (Å²) in [4.78, 5) is 12.4. The molecule has 0 saturated carbocycles. The highest BCUT2D eigenvalue weighted by Crippen LogP contribution is 2.28. The average Bonchev–Trinajstić information content (AvgIpc) is 2.55. The van der Waals surface area contributed by atoms with E-state index < -0.39 is 0 Å². The summed E-state index contributed by atoms with van der Waals surface area (Å²) in [6.45, 7) is 4.40. The van der Waals surface area contributed by atoms with Crippen LogP contribution in [0.1, 0.15) is 35.8 Å². The number of nitrogens with one attached hydrogen (secondary N) is 1. The molecule has 0 saturated heterocycles. The first-order valence-electron chi connectivity index (χ1n) is 7.42. The quantitative estimate of drug-likeness (QED) is 0.813. The van der Waals surface area contributed by atoms with Crippen molar-refractivity contribution in [3.8, 4) is 11.5 Å². The zero-order valence-corrected chi connectivity index (χ0v) is 15.0. The van der Waals surface area contributed by atoms with E-state index in [4.69, 9.17) is 9.47 Å². The van der Waals surface area contributed by atoms with E-state index in [2.05, 4.69) is 21.2 Å². The summed E-state index contributed by atoms with van der Waals surface area (Å²) < 4.78 is 11.8. The maximum Gasteiger partial charge on any atom is 0.251 e. The Hall–Kier alpha value is -2.01. The number of hydrogen-bond donors (Lipinski definition) is 1.